The van der Waals surface area contributed by atoms with Gasteiger partial charge in [-0.2, -0.15) is 4.31 Å². The Balaban J connectivity index is 1.46. The largest absolute Gasteiger partial charge is 0.411 e. The lowest BCUT2D eigenvalue weighted by Crippen LogP contribution is -2.35. The van der Waals surface area contributed by atoms with Crippen LogP contribution in [0.5, 0.6) is 0 Å². The molecule has 7 nitrogen and oxygen atoms in total. The van der Waals surface area contributed by atoms with Gasteiger partial charge in [-0.1, -0.05) is 31.2 Å². The Hall–Kier alpha value is -1.75. The van der Waals surface area contributed by atoms with E-state index in [-0.39, 0.29) is 4.90 Å². The van der Waals surface area contributed by atoms with Crippen LogP contribution >= 0.6 is 23.1 Å². The molecule has 30 heavy (non-hydrogen) atoms. The van der Waals surface area contributed by atoms with Crippen molar-refractivity contribution < 1.29 is 12.8 Å². The molecule has 0 saturated carbocycles. The van der Waals surface area contributed by atoms with Crippen LogP contribution in [-0.4, -0.2) is 41.0 Å². The number of hydrogen-bond acceptors (Lipinski definition) is 8. The quantitative estimate of drug-likeness (QED) is 0.450. The smallest absolute Gasteiger partial charge is 0.277 e. The number of sulfonamides is 1. The average Bonchev–Trinajstić information content (AvgIpc) is 3.43. The molecule has 0 aliphatic carbocycles. The van der Waals surface area contributed by atoms with Crippen LogP contribution in [-0.2, 0) is 22.2 Å². The first-order chi connectivity index (χ1) is 14.6. The third-order valence-electron chi connectivity index (χ3n) is 4.85. The Kier molecular flexibility index (Phi) is 6.87. The molecule has 0 radical (unpaired) electrons. The highest BCUT2D eigenvalue weighted by molar-refractivity contribution is 7.98. The molecule has 0 bridgehead atoms. The minimum atomic E-state index is -3.50. The van der Waals surface area contributed by atoms with Crippen LogP contribution in [0.2, 0.25) is 0 Å². The normalized spacial score (nSPS) is 15.5. The fourth-order valence-corrected chi connectivity index (χ4v) is 6.53. The Morgan fingerprint density at radius 1 is 1.20 bits per heavy atom. The summed E-state index contributed by atoms with van der Waals surface area (Å²) in [6.45, 7) is 3.29. The molecule has 10 heteroatoms. The van der Waals surface area contributed by atoms with Crippen LogP contribution in [0.15, 0.2) is 44.2 Å². The first-order valence-electron chi connectivity index (χ1n) is 10.1. The minimum Gasteiger partial charge on any atom is -0.411 e. The van der Waals surface area contributed by atoms with Gasteiger partial charge in [0.25, 0.3) is 5.22 Å². The minimum absolute atomic E-state index is 0.264. The van der Waals surface area contributed by atoms with Crippen molar-refractivity contribution in [2.45, 2.75) is 54.9 Å². The van der Waals surface area contributed by atoms with Gasteiger partial charge in [-0.25, -0.2) is 13.4 Å². The fourth-order valence-electron chi connectivity index (χ4n) is 3.31. The first-order valence-corrected chi connectivity index (χ1v) is 13.4. The van der Waals surface area contributed by atoms with E-state index in [0.717, 1.165) is 42.8 Å². The van der Waals surface area contributed by atoms with E-state index in [1.165, 1.54) is 11.8 Å². The second-order valence-corrected chi connectivity index (χ2v) is 10.9. The van der Waals surface area contributed by atoms with Crippen molar-refractivity contribution in [1.29, 1.82) is 0 Å². The van der Waals surface area contributed by atoms with E-state index in [1.807, 2.05) is 0 Å². The van der Waals surface area contributed by atoms with E-state index in [2.05, 4.69) is 27.5 Å². The molecule has 0 unspecified atom stereocenters. The molecular formula is C20H24N4O3S3. The van der Waals surface area contributed by atoms with Crippen molar-refractivity contribution >= 4 is 33.1 Å². The van der Waals surface area contributed by atoms with E-state index in [1.54, 1.807) is 39.9 Å². The van der Waals surface area contributed by atoms with Crippen molar-refractivity contribution in [3.8, 4) is 11.5 Å². The van der Waals surface area contributed by atoms with Gasteiger partial charge in [0, 0.05) is 29.8 Å². The molecule has 1 aromatic carbocycles. The van der Waals surface area contributed by atoms with Crippen LogP contribution in [0.4, 0.5) is 0 Å². The molecule has 160 valence electrons. The summed E-state index contributed by atoms with van der Waals surface area (Å²) in [7, 11) is -3.50. The van der Waals surface area contributed by atoms with Crippen LogP contribution in [0.25, 0.3) is 11.5 Å². The summed E-state index contributed by atoms with van der Waals surface area (Å²) in [6.07, 6.45) is 4.97. The van der Waals surface area contributed by atoms with E-state index in [9.17, 15) is 8.42 Å². The first kappa shape index (κ1) is 21.5. The van der Waals surface area contributed by atoms with Crippen molar-refractivity contribution in [2.24, 2.45) is 0 Å². The van der Waals surface area contributed by atoms with Crippen LogP contribution in [0.1, 0.15) is 43.3 Å². The predicted molar refractivity (Wildman–Crippen MR) is 118 cm³/mol. The SMILES string of the molecule is CCCc1nc(CSc2nnc(-c3cccc(S(=O)(=O)N4CCCCC4)c3)o2)cs1. The van der Waals surface area contributed by atoms with E-state index >= 15 is 0 Å². The Bertz CT molecular complexity index is 1090. The highest BCUT2D eigenvalue weighted by Gasteiger charge is 2.26. The molecule has 1 fully saturated rings. The molecule has 3 aromatic rings. The van der Waals surface area contributed by atoms with E-state index in [4.69, 9.17) is 4.42 Å². The van der Waals surface area contributed by atoms with E-state index < -0.39 is 10.0 Å². The highest BCUT2D eigenvalue weighted by atomic mass is 32.2. The molecule has 0 amide bonds. The molecule has 3 heterocycles. The van der Waals surface area contributed by atoms with Gasteiger partial charge in [0.2, 0.25) is 15.9 Å². The molecule has 0 spiro atoms. The lowest BCUT2D eigenvalue weighted by atomic mass is 10.2. The maximum absolute atomic E-state index is 12.9. The second kappa shape index (κ2) is 9.59. The zero-order chi connectivity index (χ0) is 21.0. The number of thioether (sulfide) groups is 1. The van der Waals surface area contributed by atoms with Crippen molar-refractivity contribution in [2.75, 3.05) is 13.1 Å². The topological polar surface area (TPSA) is 89.2 Å². The van der Waals surface area contributed by atoms with Gasteiger partial charge < -0.3 is 4.42 Å². The summed E-state index contributed by atoms with van der Waals surface area (Å²) < 4.78 is 33.2. The molecule has 1 aliphatic heterocycles. The second-order valence-electron chi connectivity index (χ2n) is 7.14. The molecule has 1 aliphatic rings. The van der Waals surface area contributed by atoms with Crippen molar-refractivity contribution in [3.05, 3.63) is 40.3 Å². The van der Waals surface area contributed by atoms with Gasteiger partial charge in [0.15, 0.2) is 0 Å². The number of nitrogens with zero attached hydrogens (tertiary/aromatic N) is 4. The summed E-state index contributed by atoms with van der Waals surface area (Å²) in [4.78, 5) is 4.86. The van der Waals surface area contributed by atoms with Crippen molar-refractivity contribution in [1.82, 2.24) is 19.5 Å². The average molecular weight is 465 g/mol. The zero-order valence-corrected chi connectivity index (χ0v) is 19.2. The Morgan fingerprint density at radius 2 is 2.03 bits per heavy atom. The maximum atomic E-state index is 12.9. The third-order valence-corrected chi connectivity index (χ3v) is 8.55. The van der Waals surface area contributed by atoms with Gasteiger partial charge in [0.1, 0.15) is 0 Å². The van der Waals surface area contributed by atoms with Gasteiger partial charge in [0.05, 0.1) is 15.6 Å². The number of rotatable bonds is 8. The molecule has 2 aromatic heterocycles. The summed E-state index contributed by atoms with van der Waals surface area (Å²) in [5.41, 5.74) is 1.61. The van der Waals surface area contributed by atoms with Crippen LogP contribution in [0.3, 0.4) is 0 Å². The lowest BCUT2D eigenvalue weighted by Gasteiger charge is -2.25. The molecule has 4 rings (SSSR count). The number of aromatic nitrogens is 3. The zero-order valence-electron chi connectivity index (χ0n) is 16.8. The standard InChI is InChI=1S/C20H24N4O3S3/c1-2-7-18-21-16(13-28-18)14-29-20-23-22-19(27-20)15-8-6-9-17(12-15)30(25,26)24-10-4-3-5-11-24/h6,8-9,12-13H,2-5,7,10-11,14H2,1H3. The number of hydrogen-bond donors (Lipinski definition) is 0. The third kappa shape index (κ3) is 4.93. The Morgan fingerprint density at radius 3 is 2.83 bits per heavy atom. The highest BCUT2D eigenvalue weighted by Crippen LogP contribution is 2.29. The fraction of sp³-hybridized carbons (Fsp3) is 0.450. The lowest BCUT2D eigenvalue weighted by molar-refractivity contribution is 0.346. The maximum Gasteiger partial charge on any atom is 0.277 e. The van der Waals surface area contributed by atoms with Crippen LogP contribution < -0.4 is 0 Å². The van der Waals surface area contributed by atoms with Gasteiger partial charge in [-0.15, -0.1) is 21.5 Å². The molecule has 0 N–H and O–H groups in total. The van der Waals surface area contributed by atoms with Gasteiger partial charge in [-0.3, -0.25) is 0 Å². The monoisotopic (exact) mass is 464 g/mol. The molecular weight excluding hydrogens is 440 g/mol. The number of aryl methyl sites for hydroxylation is 1. The summed E-state index contributed by atoms with van der Waals surface area (Å²) in [5.74, 6) is 0.976. The molecule has 0 atom stereocenters. The van der Waals surface area contributed by atoms with Crippen LogP contribution in [0, 0.1) is 0 Å². The summed E-state index contributed by atoms with van der Waals surface area (Å²) in [6, 6.07) is 6.74. The van der Waals surface area contributed by atoms with Gasteiger partial charge in [-0.05, 0) is 43.9 Å². The predicted octanol–water partition coefficient (Wildman–Crippen LogP) is 4.61. The molecule has 1 saturated heterocycles. The summed E-state index contributed by atoms with van der Waals surface area (Å²) >= 11 is 3.11. The number of thiazole rings is 1. The van der Waals surface area contributed by atoms with Gasteiger partial charge >= 0.3 is 0 Å². The van der Waals surface area contributed by atoms with Crippen molar-refractivity contribution in [3.63, 3.8) is 0 Å². The Labute approximate surface area is 185 Å². The number of piperidine rings is 1. The number of benzene rings is 1. The van der Waals surface area contributed by atoms with E-state index in [0.29, 0.717) is 35.5 Å². The summed E-state index contributed by atoms with van der Waals surface area (Å²) in [5, 5.41) is 11.8.